The number of non-ortho nitro benzene ring substituents is 1. The molecule has 90 valence electrons. The summed E-state index contributed by atoms with van der Waals surface area (Å²) < 4.78 is 0. The molecule has 0 saturated carbocycles. The van der Waals surface area contributed by atoms with Crippen molar-refractivity contribution in [3.63, 3.8) is 0 Å². The minimum absolute atomic E-state index is 0.0242. The van der Waals surface area contributed by atoms with Crippen molar-refractivity contribution in [2.45, 2.75) is 19.6 Å². The lowest BCUT2D eigenvalue weighted by Gasteiger charge is -2.25. The van der Waals surface area contributed by atoms with E-state index in [1.54, 1.807) is 26.0 Å². The Morgan fingerprint density at radius 1 is 1.41 bits per heavy atom. The number of rotatable bonds is 2. The molecule has 0 atom stereocenters. The highest BCUT2D eigenvalue weighted by atomic mass is 16.7. The first kappa shape index (κ1) is 11.3. The molecule has 0 bridgehead atoms. The van der Waals surface area contributed by atoms with Gasteiger partial charge in [0, 0.05) is 17.7 Å². The Hall–Kier alpha value is -2.15. The van der Waals surface area contributed by atoms with E-state index in [1.807, 2.05) is 0 Å². The van der Waals surface area contributed by atoms with Gasteiger partial charge in [0.25, 0.3) is 5.69 Å². The van der Waals surface area contributed by atoms with Crippen LogP contribution in [0.2, 0.25) is 0 Å². The highest BCUT2D eigenvalue weighted by Gasteiger charge is 2.36. The predicted molar refractivity (Wildman–Crippen MR) is 60.8 cm³/mol. The quantitative estimate of drug-likeness (QED) is 0.473. The van der Waals surface area contributed by atoms with Crippen LogP contribution in [0, 0.1) is 10.1 Å². The summed E-state index contributed by atoms with van der Waals surface area (Å²) in [5, 5.41) is 15.8. The van der Waals surface area contributed by atoms with Gasteiger partial charge >= 0.3 is 0 Å². The monoisotopic (exact) mass is 236 g/mol. The number of nitrogens with zero attached hydrogens (tertiary/aromatic N) is 3. The molecule has 0 saturated heterocycles. The van der Waals surface area contributed by atoms with Crippen LogP contribution in [0.1, 0.15) is 19.4 Å². The Morgan fingerprint density at radius 3 is 2.41 bits per heavy atom. The van der Waals surface area contributed by atoms with Crippen molar-refractivity contribution in [3.05, 3.63) is 39.9 Å². The van der Waals surface area contributed by atoms with Crippen molar-refractivity contribution in [2.75, 3.05) is 0 Å². The van der Waals surface area contributed by atoms with Crippen LogP contribution in [-0.4, -0.2) is 21.5 Å². The maximum absolute atomic E-state index is 10.5. The number of benzene rings is 1. The van der Waals surface area contributed by atoms with E-state index in [1.165, 1.54) is 17.1 Å². The molecule has 0 amide bonds. The molecular formula is C10H12N4O3. The maximum Gasteiger partial charge on any atom is 0.269 e. The van der Waals surface area contributed by atoms with Gasteiger partial charge in [-0.05, 0) is 26.0 Å². The molecule has 0 unspecified atom stereocenters. The van der Waals surface area contributed by atoms with Crippen LogP contribution in [0.3, 0.4) is 0 Å². The lowest BCUT2D eigenvalue weighted by atomic mass is 10.1. The van der Waals surface area contributed by atoms with Crippen LogP contribution < -0.4 is 5.84 Å². The van der Waals surface area contributed by atoms with Crippen LogP contribution >= 0.6 is 0 Å². The van der Waals surface area contributed by atoms with E-state index in [4.69, 9.17) is 10.7 Å². The Balaban J connectivity index is 2.28. The first-order chi connectivity index (χ1) is 7.92. The summed E-state index contributed by atoms with van der Waals surface area (Å²) in [6, 6.07) is 5.97. The summed E-state index contributed by atoms with van der Waals surface area (Å²) >= 11 is 0. The second kappa shape index (κ2) is 3.70. The van der Waals surface area contributed by atoms with Gasteiger partial charge in [0.15, 0.2) is 5.84 Å². The van der Waals surface area contributed by atoms with Gasteiger partial charge in [-0.25, -0.2) is 10.9 Å². The zero-order chi connectivity index (χ0) is 12.6. The lowest BCUT2D eigenvalue weighted by Crippen LogP contribution is -2.48. The molecule has 1 aliphatic rings. The number of nitro benzene ring substituents is 1. The molecule has 1 aliphatic heterocycles. The average molecular weight is 236 g/mol. The molecule has 0 fully saturated rings. The third kappa shape index (κ3) is 1.92. The minimum atomic E-state index is -0.711. The molecule has 2 N–H and O–H groups in total. The van der Waals surface area contributed by atoms with Crippen molar-refractivity contribution < 1.29 is 9.76 Å². The molecule has 0 aromatic heterocycles. The Kier molecular flexibility index (Phi) is 2.47. The standard InChI is InChI=1S/C10H12N4O3/c1-10(2)13(11)9(12-17-10)7-3-5-8(6-4-7)14(15)16/h3-6H,11H2,1-2H3. The minimum Gasteiger partial charge on any atom is -0.364 e. The Morgan fingerprint density at radius 2 is 2.00 bits per heavy atom. The lowest BCUT2D eigenvalue weighted by molar-refractivity contribution is -0.384. The number of nitrogens with two attached hydrogens (primary N) is 1. The Labute approximate surface area is 97.6 Å². The van der Waals surface area contributed by atoms with Crippen molar-refractivity contribution in [2.24, 2.45) is 11.0 Å². The molecule has 1 aromatic rings. The van der Waals surface area contributed by atoms with Gasteiger partial charge in [-0.3, -0.25) is 10.1 Å². The zero-order valence-corrected chi connectivity index (χ0v) is 9.45. The molecule has 0 radical (unpaired) electrons. The highest BCUT2D eigenvalue weighted by Crippen LogP contribution is 2.24. The van der Waals surface area contributed by atoms with Crippen LogP contribution in [0.5, 0.6) is 0 Å². The van der Waals surface area contributed by atoms with E-state index in [9.17, 15) is 10.1 Å². The van der Waals surface area contributed by atoms with Crippen molar-refractivity contribution in [1.82, 2.24) is 5.01 Å². The number of hydrazine groups is 1. The molecule has 7 nitrogen and oxygen atoms in total. The molecule has 0 aliphatic carbocycles. The fraction of sp³-hybridized carbons (Fsp3) is 0.300. The SMILES string of the molecule is CC1(C)ON=C(c2ccc([N+](=O)[O-])cc2)N1N. The molecule has 1 aromatic carbocycles. The summed E-state index contributed by atoms with van der Waals surface area (Å²) in [6.45, 7) is 3.55. The molecule has 17 heavy (non-hydrogen) atoms. The number of nitro groups is 1. The molecule has 2 rings (SSSR count). The van der Waals surface area contributed by atoms with Gasteiger partial charge in [0.1, 0.15) is 0 Å². The third-order valence-corrected chi connectivity index (χ3v) is 2.50. The van der Waals surface area contributed by atoms with Crippen molar-refractivity contribution >= 4 is 11.5 Å². The van der Waals surface area contributed by atoms with Crippen molar-refractivity contribution in [3.8, 4) is 0 Å². The molecule has 0 spiro atoms. The number of hydrogen-bond acceptors (Lipinski definition) is 6. The van der Waals surface area contributed by atoms with Crippen LogP contribution in [0.4, 0.5) is 5.69 Å². The summed E-state index contributed by atoms with van der Waals surface area (Å²) in [4.78, 5) is 15.2. The summed E-state index contributed by atoms with van der Waals surface area (Å²) in [6.07, 6.45) is 0. The van der Waals surface area contributed by atoms with Crippen LogP contribution in [0.25, 0.3) is 0 Å². The fourth-order valence-electron chi connectivity index (χ4n) is 1.42. The first-order valence-electron chi connectivity index (χ1n) is 4.98. The molecular weight excluding hydrogens is 224 g/mol. The van der Waals surface area contributed by atoms with E-state index >= 15 is 0 Å². The summed E-state index contributed by atoms with van der Waals surface area (Å²) in [7, 11) is 0. The largest absolute Gasteiger partial charge is 0.364 e. The summed E-state index contributed by atoms with van der Waals surface area (Å²) in [5.74, 6) is 6.28. The van der Waals surface area contributed by atoms with E-state index < -0.39 is 10.6 Å². The van der Waals surface area contributed by atoms with Gasteiger partial charge in [-0.1, -0.05) is 5.16 Å². The van der Waals surface area contributed by atoms with E-state index in [2.05, 4.69) is 5.16 Å². The van der Waals surface area contributed by atoms with E-state index in [-0.39, 0.29) is 5.69 Å². The Bertz CT molecular complexity index is 481. The molecule has 1 heterocycles. The van der Waals surface area contributed by atoms with E-state index in [0.717, 1.165) is 0 Å². The summed E-state index contributed by atoms with van der Waals surface area (Å²) in [5.41, 5.74) is -0.0170. The second-order valence-corrected chi connectivity index (χ2v) is 4.13. The second-order valence-electron chi connectivity index (χ2n) is 4.13. The zero-order valence-electron chi connectivity index (χ0n) is 9.45. The van der Waals surface area contributed by atoms with Crippen LogP contribution in [0.15, 0.2) is 29.4 Å². The average Bonchev–Trinajstić information content (AvgIpc) is 2.55. The third-order valence-electron chi connectivity index (χ3n) is 2.50. The number of hydrogen-bond donors (Lipinski definition) is 1. The topological polar surface area (TPSA) is 94.0 Å². The van der Waals surface area contributed by atoms with E-state index in [0.29, 0.717) is 11.4 Å². The number of amidine groups is 1. The predicted octanol–water partition coefficient (Wildman–Crippen LogP) is 1.20. The van der Waals surface area contributed by atoms with Gasteiger partial charge in [0.2, 0.25) is 5.72 Å². The van der Waals surface area contributed by atoms with Gasteiger partial charge < -0.3 is 4.84 Å². The van der Waals surface area contributed by atoms with Crippen LogP contribution in [-0.2, 0) is 4.84 Å². The number of oxime groups is 1. The first-order valence-corrected chi connectivity index (χ1v) is 4.98. The fourth-order valence-corrected chi connectivity index (χ4v) is 1.42. The van der Waals surface area contributed by atoms with Gasteiger partial charge in [0.05, 0.1) is 4.92 Å². The normalized spacial score (nSPS) is 17.6. The highest BCUT2D eigenvalue weighted by molar-refractivity contribution is 5.99. The molecule has 7 heteroatoms. The van der Waals surface area contributed by atoms with Crippen molar-refractivity contribution in [1.29, 1.82) is 0 Å². The van der Waals surface area contributed by atoms with Gasteiger partial charge in [-0.2, -0.15) is 0 Å². The smallest absolute Gasteiger partial charge is 0.269 e. The van der Waals surface area contributed by atoms with Gasteiger partial charge in [-0.15, -0.1) is 0 Å². The maximum atomic E-state index is 10.5.